The van der Waals surface area contributed by atoms with Crippen molar-refractivity contribution in [3.8, 4) is 17.2 Å². The van der Waals surface area contributed by atoms with Crippen LogP contribution in [0.3, 0.4) is 0 Å². The number of anilines is 2. The van der Waals surface area contributed by atoms with E-state index in [1.54, 1.807) is 24.3 Å². The Labute approximate surface area is 147 Å². The zero-order valence-electron chi connectivity index (χ0n) is 12.9. The predicted octanol–water partition coefficient (Wildman–Crippen LogP) is 2.69. The standard InChI is InChI=1S/C17H13ClN2O5/c18-10-6-12-14(25-8-15(21)19-12)7-11(10)20-17(22)9-2-1-3-13-16(9)24-5-4-23-13/h1-3,6-7H,4-5,8H2,(H,19,21)(H,20,22). The zero-order valence-corrected chi connectivity index (χ0v) is 13.7. The maximum Gasteiger partial charge on any atom is 0.262 e. The number of para-hydroxylation sites is 1. The molecule has 2 heterocycles. The number of benzene rings is 2. The molecule has 8 heteroatoms. The van der Waals surface area contributed by atoms with Gasteiger partial charge in [0.1, 0.15) is 19.0 Å². The van der Waals surface area contributed by atoms with Gasteiger partial charge < -0.3 is 24.8 Å². The molecule has 0 aliphatic carbocycles. The normalized spacial score (nSPS) is 14.8. The van der Waals surface area contributed by atoms with Gasteiger partial charge in [-0.15, -0.1) is 0 Å². The van der Waals surface area contributed by atoms with E-state index in [2.05, 4.69) is 10.6 Å². The van der Waals surface area contributed by atoms with Gasteiger partial charge in [-0.3, -0.25) is 9.59 Å². The minimum atomic E-state index is -0.385. The van der Waals surface area contributed by atoms with Crippen LogP contribution in [0.5, 0.6) is 17.2 Å². The predicted molar refractivity (Wildman–Crippen MR) is 91.0 cm³/mol. The van der Waals surface area contributed by atoms with Gasteiger partial charge in [0.05, 0.1) is 22.0 Å². The Bertz CT molecular complexity index is 884. The Morgan fingerprint density at radius 1 is 1.12 bits per heavy atom. The largest absolute Gasteiger partial charge is 0.486 e. The van der Waals surface area contributed by atoms with Crippen molar-refractivity contribution in [1.82, 2.24) is 0 Å². The minimum Gasteiger partial charge on any atom is -0.486 e. The van der Waals surface area contributed by atoms with Gasteiger partial charge in [-0.25, -0.2) is 0 Å². The van der Waals surface area contributed by atoms with Crippen molar-refractivity contribution >= 4 is 34.8 Å². The third-order valence-electron chi connectivity index (χ3n) is 3.76. The van der Waals surface area contributed by atoms with E-state index in [0.29, 0.717) is 47.4 Å². The van der Waals surface area contributed by atoms with Crippen LogP contribution in [0.15, 0.2) is 30.3 Å². The maximum absolute atomic E-state index is 12.6. The summed E-state index contributed by atoms with van der Waals surface area (Å²) in [6.07, 6.45) is 0. The SMILES string of the molecule is O=C1COc2cc(NC(=O)c3cccc4c3OCCO4)c(Cl)cc2N1. The van der Waals surface area contributed by atoms with Crippen molar-refractivity contribution in [3.63, 3.8) is 0 Å². The quantitative estimate of drug-likeness (QED) is 0.860. The van der Waals surface area contributed by atoms with Crippen molar-refractivity contribution < 1.29 is 23.8 Å². The molecular formula is C17H13ClN2O5. The number of fused-ring (bicyclic) bond motifs is 2. The average Bonchev–Trinajstić information content (AvgIpc) is 2.62. The summed E-state index contributed by atoms with van der Waals surface area (Å²) in [7, 11) is 0. The summed E-state index contributed by atoms with van der Waals surface area (Å²) in [6, 6.07) is 8.21. The second-order valence-electron chi connectivity index (χ2n) is 5.45. The fourth-order valence-corrected chi connectivity index (χ4v) is 2.85. The van der Waals surface area contributed by atoms with E-state index < -0.39 is 0 Å². The summed E-state index contributed by atoms with van der Waals surface area (Å²) in [6.45, 7) is 0.738. The number of carbonyl (C=O) groups is 2. The molecule has 0 unspecified atom stereocenters. The van der Waals surface area contributed by atoms with Crippen LogP contribution in [0.25, 0.3) is 0 Å². The molecule has 0 bridgehead atoms. The smallest absolute Gasteiger partial charge is 0.262 e. The molecule has 2 aliphatic rings. The van der Waals surface area contributed by atoms with Gasteiger partial charge in [0, 0.05) is 6.07 Å². The molecule has 2 aromatic rings. The summed E-state index contributed by atoms with van der Waals surface area (Å²) < 4.78 is 16.4. The first-order valence-electron chi connectivity index (χ1n) is 7.58. The molecule has 0 radical (unpaired) electrons. The lowest BCUT2D eigenvalue weighted by molar-refractivity contribution is -0.118. The van der Waals surface area contributed by atoms with Crippen molar-refractivity contribution in [1.29, 1.82) is 0 Å². The Hall–Kier alpha value is -2.93. The van der Waals surface area contributed by atoms with Crippen LogP contribution in [0.1, 0.15) is 10.4 Å². The summed E-state index contributed by atoms with van der Waals surface area (Å²) in [5.41, 5.74) is 1.18. The molecule has 0 atom stereocenters. The molecule has 2 aliphatic heterocycles. The van der Waals surface area contributed by atoms with Crippen molar-refractivity contribution in [3.05, 3.63) is 40.9 Å². The first kappa shape index (κ1) is 15.6. The average molecular weight is 361 g/mol. The first-order valence-corrected chi connectivity index (χ1v) is 7.96. The van der Waals surface area contributed by atoms with E-state index in [9.17, 15) is 9.59 Å². The van der Waals surface area contributed by atoms with Crippen LogP contribution >= 0.6 is 11.6 Å². The topological polar surface area (TPSA) is 85.9 Å². The van der Waals surface area contributed by atoms with Crippen LogP contribution in [-0.2, 0) is 4.79 Å². The molecule has 2 amide bonds. The highest BCUT2D eigenvalue weighted by molar-refractivity contribution is 6.34. The number of hydrogen-bond donors (Lipinski definition) is 2. The molecule has 7 nitrogen and oxygen atoms in total. The van der Waals surface area contributed by atoms with E-state index in [4.69, 9.17) is 25.8 Å². The third-order valence-corrected chi connectivity index (χ3v) is 4.07. The molecule has 0 saturated heterocycles. The summed E-state index contributed by atoms with van der Waals surface area (Å²) >= 11 is 6.21. The number of hydrogen-bond acceptors (Lipinski definition) is 5. The van der Waals surface area contributed by atoms with Crippen LogP contribution in [-0.4, -0.2) is 31.6 Å². The number of nitrogens with one attached hydrogen (secondary N) is 2. The highest BCUT2D eigenvalue weighted by Gasteiger charge is 2.23. The molecule has 25 heavy (non-hydrogen) atoms. The summed E-state index contributed by atoms with van der Waals surface area (Å²) in [4.78, 5) is 24.0. The number of amides is 2. The number of halogens is 1. The van der Waals surface area contributed by atoms with Crippen molar-refractivity contribution in [2.75, 3.05) is 30.5 Å². The van der Waals surface area contributed by atoms with Crippen molar-refractivity contribution in [2.24, 2.45) is 0 Å². The van der Waals surface area contributed by atoms with E-state index >= 15 is 0 Å². The van der Waals surface area contributed by atoms with Gasteiger partial charge in [-0.1, -0.05) is 17.7 Å². The Balaban J connectivity index is 1.63. The summed E-state index contributed by atoms with van der Waals surface area (Å²) in [5.74, 6) is 0.733. The number of rotatable bonds is 2. The highest BCUT2D eigenvalue weighted by Crippen LogP contribution is 2.38. The fraction of sp³-hybridized carbons (Fsp3) is 0.176. The lowest BCUT2D eigenvalue weighted by Gasteiger charge is -2.21. The third kappa shape index (κ3) is 2.94. The van der Waals surface area contributed by atoms with Gasteiger partial charge in [0.25, 0.3) is 11.8 Å². The number of ether oxygens (including phenoxy) is 3. The lowest BCUT2D eigenvalue weighted by Crippen LogP contribution is -2.25. The highest BCUT2D eigenvalue weighted by atomic mass is 35.5. The molecular weight excluding hydrogens is 348 g/mol. The number of carbonyl (C=O) groups excluding carboxylic acids is 2. The Morgan fingerprint density at radius 3 is 2.84 bits per heavy atom. The Kier molecular flexibility index (Phi) is 3.85. The second-order valence-corrected chi connectivity index (χ2v) is 5.86. The molecule has 128 valence electrons. The van der Waals surface area contributed by atoms with Crippen LogP contribution < -0.4 is 24.8 Å². The zero-order chi connectivity index (χ0) is 17.4. The van der Waals surface area contributed by atoms with E-state index in [0.717, 1.165) is 0 Å². The maximum atomic E-state index is 12.6. The minimum absolute atomic E-state index is 0.0839. The molecule has 0 fully saturated rings. The van der Waals surface area contributed by atoms with Gasteiger partial charge in [-0.2, -0.15) is 0 Å². The monoisotopic (exact) mass is 360 g/mol. The van der Waals surface area contributed by atoms with Crippen LogP contribution in [0, 0.1) is 0 Å². The van der Waals surface area contributed by atoms with Crippen LogP contribution in [0.4, 0.5) is 11.4 Å². The molecule has 0 saturated carbocycles. The second kappa shape index (κ2) is 6.18. The molecule has 4 rings (SSSR count). The van der Waals surface area contributed by atoms with Gasteiger partial charge in [0.2, 0.25) is 0 Å². The first-order chi connectivity index (χ1) is 12.1. The van der Waals surface area contributed by atoms with Gasteiger partial charge >= 0.3 is 0 Å². The van der Waals surface area contributed by atoms with Gasteiger partial charge in [0.15, 0.2) is 18.1 Å². The summed E-state index contributed by atoms with van der Waals surface area (Å²) in [5, 5.41) is 5.67. The molecule has 0 aromatic heterocycles. The van der Waals surface area contributed by atoms with E-state index in [1.165, 1.54) is 6.07 Å². The lowest BCUT2D eigenvalue weighted by atomic mass is 10.1. The molecule has 0 spiro atoms. The van der Waals surface area contributed by atoms with E-state index in [-0.39, 0.29) is 23.4 Å². The van der Waals surface area contributed by atoms with Crippen LogP contribution in [0.2, 0.25) is 5.02 Å². The Morgan fingerprint density at radius 2 is 1.96 bits per heavy atom. The van der Waals surface area contributed by atoms with Gasteiger partial charge in [-0.05, 0) is 18.2 Å². The van der Waals surface area contributed by atoms with Crippen molar-refractivity contribution in [2.45, 2.75) is 0 Å². The molecule has 2 aromatic carbocycles. The van der Waals surface area contributed by atoms with E-state index in [1.807, 2.05) is 0 Å². The fourth-order valence-electron chi connectivity index (χ4n) is 2.64. The molecule has 2 N–H and O–H groups in total.